The summed E-state index contributed by atoms with van der Waals surface area (Å²) in [7, 11) is -4.08. The monoisotopic (exact) mass is 484 g/mol. The fourth-order valence-corrected chi connectivity index (χ4v) is 4.19. The average molecular weight is 485 g/mol. The SMILES string of the molecule is CC(C)c1ccc(NC(=O)N(Cc2ccc(OS(=O)(=O)c3ccc(F)cc3)cc2)C(C)C)cc1. The molecule has 0 spiro atoms. The lowest BCUT2D eigenvalue weighted by atomic mass is 10.0. The van der Waals surface area contributed by atoms with Gasteiger partial charge in [0.1, 0.15) is 16.5 Å². The van der Waals surface area contributed by atoms with E-state index in [1.807, 2.05) is 38.1 Å². The van der Waals surface area contributed by atoms with Crippen LogP contribution in [0.1, 0.15) is 44.7 Å². The lowest BCUT2D eigenvalue weighted by Crippen LogP contribution is -2.39. The number of amides is 2. The Morgan fingerprint density at radius 2 is 1.50 bits per heavy atom. The van der Waals surface area contributed by atoms with Crippen molar-refractivity contribution in [2.24, 2.45) is 0 Å². The van der Waals surface area contributed by atoms with Gasteiger partial charge in [-0.2, -0.15) is 8.42 Å². The van der Waals surface area contributed by atoms with Gasteiger partial charge in [-0.3, -0.25) is 0 Å². The third-order valence-corrected chi connectivity index (χ3v) is 6.56. The summed E-state index contributed by atoms with van der Waals surface area (Å²) < 4.78 is 43.0. The van der Waals surface area contributed by atoms with Gasteiger partial charge in [0.25, 0.3) is 0 Å². The molecule has 0 unspecified atom stereocenters. The van der Waals surface area contributed by atoms with Gasteiger partial charge in [0.05, 0.1) is 0 Å². The highest BCUT2D eigenvalue weighted by Gasteiger charge is 2.19. The number of hydrogen-bond donors (Lipinski definition) is 1. The van der Waals surface area contributed by atoms with Crippen LogP contribution in [0.15, 0.2) is 77.7 Å². The number of nitrogens with one attached hydrogen (secondary N) is 1. The topological polar surface area (TPSA) is 75.7 Å². The Morgan fingerprint density at radius 1 is 0.912 bits per heavy atom. The van der Waals surface area contributed by atoms with E-state index in [-0.39, 0.29) is 22.7 Å². The van der Waals surface area contributed by atoms with E-state index in [0.29, 0.717) is 12.5 Å². The van der Waals surface area contributed by atoms with Crippen LogP contribution in [0.25, 0.3) is 0 Å². The highest BCUT2D eigenvalue weighted by Crippen LogP contribution is 2.22. The number of rotatable bonds is 8. The van der Waals surface area contributed by atoms with E-state index in [2.05, 4.69) is 19.2 Å². The summed E-state index contributed by atoms with van der Waals surface area (Å²) in [5.41, 5.74) is 2.72. The number of benzene rings is 3. The van der Waals surface area contributed by atoms with Crippen LogP contribution in [0, 0.1) is 5.82 Å². The number of nitrogens with zero attached hydrogens (tertiary/aromatic N) is 1. The Bertz CT molecular complexity index is 1210. The second-order valence-electron chi connectivity index (χ2n) is 8.56. The lowest BCUT2D eigenvalue weighted by molar-refractivity contribution is 0.193. The van der Waals surface area contributed by atoms with Crippen molar-refractivity contribution in [3.63, 3.8) is 0 Å². The van der Waals surface area contributed by atoms with Crippen molar-refractivity contribution in [2.75, 3.05) is 5.32 Å². The Morgan fingerprint density at radius 3 is 2.03 bits per heavy atom. The molecule has 0 aromatic heterocycles. The van der Waals surface area contributed by atoms with Crippen molar-refractivity contribution in [1.82, 2.24) is 4.90 Å². The Labute approximate surface area is 200 Å². The van der Waals surface area contributed by atoms with Gasteiger partial charge in [0.2, 0.25) is 0 Å². The molecule has 3 aromatic carbocycles. The number of carbonyl (C=O) groups is 1. The molecule has 6 nitrogen and oxygen atoms in total. The second-order valence-corrected chi connectivity index (χ2v) is 10.1. The number of halogens is 1. The largest absolute Gasteiger partial charge is 0.379 e. The molecular weight excluding hydrogens is 455 g/mol. The summed E-state index contributed by atoms with van der Waals surface area (Å²) in [4.78, 5) is 14.4. The molecule has 0 aliphatic rings. The van der Waals surface area contributed by atoms with Crippen molar-refractivity contribution in [3.8, 4) is 5.75 Å². The van der Waals surface area contributed by atoms with Crippen molar-refractivity contribution < 1.29 is 21.8 Å². The summed E-state index contributed by atoms with van der Waals surface area (Å²) >= 11 is 0. The number of urea groups is 1. The first-order chi connectivity index (χ1) is 16.0. The molecule has 1 N–H and O–H groups in total. The fraction of sp³-hybridized carbons (Fsp3) is 0.269. The normalized spacial score (nSPS) is 11.5. The number of hydrogen-bond acceptors (Lipinski definition) is 4. The van der Waals surface area contributed by atoms with Crippen LogP contribution >= 0.6 is 0 Å². The molecule has 3 aromatic rings. The van der Waals surface area contributed by atoms with Crippen LogP contribution in [0.4, 0.5) is 14.9 Å². The molecule has 0 heterocycles. The van der Waals surface area contributed by atoms with Crippen LogP contribution in [-0.2, 0) is 16.7 Å². The van der Waals surface area contributed by atoms with E-state index in [0.717, 1.165) is 35.5 Å². The summed E-state index contributed by atoms with van der Waals surface area (Å²) in [6.45, 7) is 8.41. The first-order valence-electron chi connectivity index (χ1n) is 11.0. The van der Waals surface area contributed by atoms with E-state index in [9.17, 15) is 17.6 Å². The van der Waals surface area contributed by atoms with Crippen LogP contribution in [0.2, 0.25) is 0 Å². The third kappa shape index (κ3) is 6.57. The number of carbonyl (C=O) groups excluding carboxylic acids is 1. The van der Waals surface area contributed by atoms with Gasteiger partial charge in [0.15, 0.2) is 0 Å². The average Bonchev–Trinajstić information content (AvgIpc) is 2.78. The van der Waals surface area contributed by atoms with Crippen LogP contribution in [-0.4, -0.2) is 25.4 Å². The zero-order chi connectivity index (χ0) is 24.9. The third-order valence-electron chi connectivity index (χ3n) is 5.30. The first-order valence-corrected chi connectivity index (χ1v) is 12.4. The summed E-state index contributed by atoms with van der Waals surface area (Å²) in [6.07, 6.45) is 0. The molecule has 0 saturated heterocycles. The van der Waals surface area contributed by atoms with Gasteiger partial charge >= 0.3 is 16.1 Å². The molecule has 0 saturated carbocycles. The minimum Gasteiger partial charge on any atom is -0.379 e. The van der Waals surface area contributed by atoms with Crippen LogP contribution in [0.5, 0.6) is 5.75 Å². The predicted molar refractivity (Wildman–Crippen MR) is 131 cm³/mol. The molecule has 2 amide bonds. The van der Waals surface area contributed by atoms with Crippen molar-refractivity contribution in [1.29, 1.82) is 0 Å². The van der Waals surface area contributed by atoms with E-state index < -0.39 is 15.9 Å². The van der Waals surface area contributed by atoms with E-state index in [4.69, 9.17) is 4.18 Å². The standard InChI is InChI=1S/C26H29FN2O4S/c1-18(2)21-7-11-23(12-8-21)28-26(30)29(19(3)4)17-20-5-13-24(14-6-20)33-34(31,32)25-15-9-22(27)10-16-25/h5-16,18-19H,17H2,1-4H3,(H,28,30). The smallest absolute Gasteiger partial charge is 0.339 e. The minimum absolute atomic E-state index is 0.0651. The summed E-state index contributed by atoms with van der Waals surface area (Å²) in [5.74, 6) is 0.00280. The molecule has 0 aliphatic heterocycles. The van der Waals surface area contributed by atoms with E-state index in [1.165, 1.54) is 17.7 Å². The first kappa shape index (κ1) is 25.2. The number of anilines is 1. The minimum atomic E-state index is -4.08. The molecule has 0 radical (unpaired) electrons. The maximum Gasteiger partial charge on any atom is 0.339 e. The fourth-order valence-electron chi connectivity index (χ4n) is 3.26. The highest BCUT2D eigenvalue weighted by atomic mass is 32.2. The second kappa shape index (κ2) is 10.7. The Hall–Kier alpha value is -3.39. The van der Waals surface area contributed by atoms with Gasteiger partial charge in [-0.25, -0.2) is 9.18 Å². The van der Waals surface area contributed by atoms with Crippen LogP contribution < -0.4 is 9.50 Å². The highest BCUT2D eigenvalue weighted by molar-refractivity contribution is 7.87. The van der Waals surface area contributed by atoms with Crippen LogP contribution in [0.3, 0.4) is 0 Å². The summed E-state index contributed by atoms with van der Waals surface area (Å²) in [6, 6.07) is 18.4. The summed E-state index contributed by atoms with van der Waals surface area (Å²) in [5, 5.41) is 2.93. The zero-order valence-electron chi connectivity index (χ0n) is 19.7. The molecule has 0 aliphatic carbocycles. The maximum atomic E-state index is 13.1. The molecular formula is C26H29FN2O4S. The van der Waals surface area contributed by atoms with Gasteiger partial charge in [0, 0.05) is 18.3 Å². The molecule has 0 bridgehead atoms. The lowest BCUT2D eigenvalue weighted by Gasteiger charge is -2.27. The van der Waals surface area contributed by atoms with Gasteiger partial charge in [-0.1, -0.05) is 38.1 Å². The molecule has 8 heteroatoms. The molecule has 3 rings (SSSR count). The Kier molecular flexibility index (Phi) is 7.94. The van der Waals surface area contributed by atoms with Crippen molar-refractivity contribution in [2.45, 2.75) is 51.1 Å². The van der Waals surface area contributed by atoms with Gasteiger partial charge in [-0.05, 0) is 79.4 Å². The van der Waals surface area contributed by atoms with Gasteiger partial charge in [-0.15, -0.1) is 0 Å². The Balaban J connectivity index is 1.66. The van der Waals surface area contributed by atoms with Crippen molar-refractivity contribution >= 4 is 21.8 Å². The zero-order valence-corrected chi connectivity index (χ0v) is 20.5. The van der Waals surface area contributed by atoms with Crippen molar-refractivity contribution in [3.05, 3.63) is 89.7 Å². The molecule has 0 atom stereocenters. The van der Waals surface area contributed by atoms with E-state index >= 15 is 0 Å². The molecule has 180 valence electrons. The molecule has 0 fully saturated rings. The molecule has 34 heavy (non-hydrogen) atoms. The quantitative estimate of drug-likeness (QED) is 0.389. The van der Waals surface area contributed by atoms with E-state index in [1.54, 1.807) is 17.0 Å². The predicted octanol–water partition coefficient (Wildman–Crippen LogP) is 6.16. The van der Waals surface area contributed by atoms with Gasteiger partial charge < -0.3 is 14.4 Å². The maximum absolute atomic E-state index is 13.1.